The van der Waals surface area contributed by atoms with Gasteiger partial charge in [0.2, 0.25) is 0 Å². The standard InChI is InChI=1S/C30H27F2N5O2/c1-2-19-21(31)8-7-17-14-18(38)15-20(23(17)19)26-25(32)27-24-22(34-26)6-3-11-33-28(24)36-29(35-27)39-16-30-9-4-12-37(30)13-5-10-30/h1,7-8,14-15,38H,3-6,9-13,16H2,(H,33,35,36). The quantitative estimate of drug-likeness (QED) is 0.354. The Morgan fingerprint density at radius 2 is 1.90 bits per heavy atom. The van der Waals surface area contributed by atoms with Gasteiger partial charge in [-0.1, -0.05) is 12.0 Å². The second-order valence-corrected chi connectivity index (χ2v) is 10.7. The number of aromatic nitrogens is 3. The molecule has 39 heavy (non-hydrogen) atoms. The summed E-state index contributed by atoms with van der Waals surface area (Å²) < 4.78 is 37.4. The Balaban J connectivity index is 1.41. The number of pyridine rings is 1. The topological polar surface area (TPSA) is 83.4 Å². The molecule has 4 aromatic rings. The maximum atomic E-state index is 16.5. The van der Waals surface area contributed by atoms with Crippen LogP contribution in [-0.4, -0.2) is 56.7 Å². The van der Waals surface area contributed by atoms with Gasteiger partial charge in [-0.15, -0.1) is 6.42 Å². The predicted molar refractivity (Wildman–Crippen MR) is 145 cm³/mol. The third-order valence-electron chi connectivity index (χ3n) is 8.45. The van der Waals surface area contributed by atoms with E-state index < -0.39 is 11.6 Å². The van der Waals surface area contributed by atoms with Crippen LogP contribution in [0.1, 0.15) is 43.4 Å². The number of halogens is 2. The molecule has 2 aromatic carbocycles. The van der Waals surface area contributed by atoms with Crippen molar-refractivity contribution in [3.05, 3.63) is 47.2 Å². The monoisotopic (exact) mass is 527 g/mol. The number of terminal acetylenes is 1. The van der Waals surface area contributed by atoms with Crippen molar-refractivity contribution in [1.29, 1.82) is 0 Å². The number of phenols is 1. The van der Waals surface area contributed by atoms with Crippen LogP contribution in [0.5, 0.6) is 11.8 Å². The SMILES string of the molecule is C#Cc1c(F)ccc2cc(O)cc(-c3nc4c5c(nc(OCC67CCCN6CCC7)nc5c3F)NCCC4)c12. The molecule has 0 radical (unpaired) electrons. The highest BCUT2D eigenvalue weighted by Crippen LogP contribution is 2.41. The third kappa shape index (κ3) is 3.77. The van der Waals surface area contributed by atoms with Crippen molar-refractivity contribution in [3.8, 4) is 35.4 Å². The van der Waals surface area contributed by atoms with Crippen molar-refractivity contribution >= 4 is 27.5 Å². The molecular weight excluding hydrogens is 500 g/mol. The van der Waals surface area contributed by atoms with Crippen LogP contribution in [0.2, 0.25) is 0 Å². The number of rotatable bonds is 4. The van der Waals surface area contributed by atoms with E-state index in [1.807, 2.05) is 0 Å². The molecule has 2 aromatic heterocycles. The van der Waals surface area contributed by atoms with E-state index in [1.165, 1.54) is 24.3 Å². The van der Waals surface area contributed by atoms with Crippen LogP contribution in [0.15, 0.2) is 24.3 Å². The van der Waals surface area contributed by atoms with E-state index >= 15 is 4.39 Å². The number of anilines is 1. The van der Waals surface area contributed by atoms with Crippen molar-refractivity contribution in [2.45, 2.75) is 44.1 Å². The van der Waals surface area contributed by atoms with Crippen molar-refractivity contribution in [3.63, 3.8) is 0 Å². The molecule has 9 heteroatoms. The summed E-state index contributed by atoms with van der Waals surface area (Å²) in [6.07, 6.45) is 11.4. The molecule has 7 nitrogen and oxygen atoms in total. The zero-order valence-corrected chi connectivity index (χ0v) is 21.4. The first-order chi connectivity index (χ1) is 19.0. The number of hydrogen-bond donors (Lipinski definition) is 2. The minimum Gasteiger partial charge on any atom is -0.508 e. The molecule has 2 N–H and O–H groups in total. The smallest absolute Gasteiger partial charge is 0.319 e. The maximum Gasteiger partial charge on any atom is 0.319 e. The zero-order valence-electron chi connectivity index (χ0n) is 21.4. The fourth-order valence-electron chi connectivity index (χ4n) is 6.65. The molecule has 0 saturated carbocycles. The minimum absolute atomic E-state index is 0.0108. The van der Waals surface area contributed by atoms with E-state index in [0.29, 0.717) is 47.2 Å². The van der Waals surface area contributed by atoms with Gasteiger partial charge in [0.05, 0.1) is 22.2 Å². The Bertz CT molecular complexity index is 1690. The number of hydrogen-bond acceptors (Lipinski definition) is 7. The molecule has 3 aliphatic rings. The number of nitrogens with zero attached hydrogens (tertiary/aromatic N) is 4. The molecule has 0 amide bonds. The van der Waals surface area contributed by atoms with Crippen molar-refractivity contribution < 1.29 is 18.6 Å². The summed E-state index contributed by atoms with van der Waals surface area (Å²) in [5, 5.41) is 15.1. The molecule has 0 atom stereocenters. The summed E-state index contributed by atoms with van der Waals surface area (Å²) in [5.74, 6) is 1.46. The molecule has 0 spiro atoms. The molecule has 2 fully saturated rings. The highest BCUT2D eigenvalue weighted by Gasteiger charge is 2.45. The first-order valence-corrected chi connectivity index (χ1v) is 13.4. The second kappa shape index (κ2) is 9.02. The van der Waals surface area contributed by atoms with Gasteiger partial charge in [-0.05, 0) is 75.2 Å². The molecule has 0 aliphatic carbocycles. The normalized spacial score (nSPS) is 18.1. The summed E-state index contributed by atoms with van der Waals surface area (Å²) in [7, 11) is 0. The first-order valence-electron chi connectivity index (χ1n) is 13.4. The van der Waals surface area contributed by atoms with Gasteiger partial charge < -0.3 is 15.2 Å². The van der Waals surface area contributed by atoms with E-state index in [4.69, 9.17) is 16.1 Å². The number of fused-ring (bicyclic) bond motifs is 2. The molecule has 0 unspecified atom stereocenters. The van der Waals surface area contributed by atoms with Gasteiger partial charge in [0, 0.05) is 17.5 Å². The lowest BCUT2D eigenvalue weighted by Crippen LogP contribution is -2.43. The van der Waals surface area contributed by atoms with Crippen LogP contribution >= 0.6 is 0 Å². The van der Waals surface area contributed by atoms with E-state index in [2.05, 4.69) is 26.1 Å². The summed E-state index contributed by atoms with van der Waals surface area (Å²) in [6, 6.07) is 5.70. The van der Waals surface area contributed by atoms with Crippen LogP contribution in [0.3, 0.4) is 0 Å². The lowest BCUT2D eigenvalue weighted by Gasteiger charge is -2.31. The Labute approximate surface area is 224 Å². The molecule has 7 rings (SSSR count). The van der Waals surface area contributed by atoms with Crippen LogP contribution in [-0.2, 0) is 6.42 Å². The van der Waals surface area contributed by atoms with Crippen molar-refractivity contribution in [1.82, 2.24) is 19.9 Å². The van der Waals surface area contributed by atoms with Gasteiger partial charge in [0.15, 0.2) is 5.82 Å². The Hall–Kier alpha value is -4.03. The molecule has 2 saturated heterocycles. The fourth-order valence-corrected chi connectivity index (χ4v) is 6.65. The molecule has 5 heterocycles. The van der Waals surface area contributed by atoms with Crippen LogP contribution in [0.4, 0.5) is 14.6 Å². The minimum atomic E-state index is -0.702. The van der Waals surface area contributed by atoms with Gasteiger partial charge in [-0.25, -0.2) is 13.8 Å². The average molecular weight is 528 g/mol. The zero-order chi connectivity index (χ0) is 26.7. The third-order valence-corrected chi connectivity index (χ3v) is 8.45. The number of phenolic OH excluding ortho intramolecular Hbond substituents is 1. The Morgan fingerprint density at radius 1 is 1.08 bits per heavy atom. The lowest BCUT2D eigenvalue weighted by molar-refractivity contribution is 0.108. The predicted octanol–water partition coefficient (Wildman–Crippen LogP) is 5.18. The van der Waals surface area contributed by atoms with Crippen molar-refractivity contribution in [2.75, 3.05) is 31.6 Å². The Kier molecular flexibility index (Phi) is 5.56. The largest absolute Gasteiger partial charge is 0.508 e. The number of benzene rings is 2. The number of aryl methyl sites for hydroxylation is 1. The van der Waals surface area contributed by atoms with Gasteiger partial charge in [0.1, 0.15) is 35.2 Å². The van der Waals surface area contributed by atoms with Gasteiger partial charge >= 0.3 is 6.01 Å². The lowest BCUT2D eigenvalue weighted by atomic mass is 9.95. The Morgan fingerprint density at radius 3 is 2.69 bits per heavy atom. The highest BCUT2D eigenvalue weighted by atomic mass is 19.1. The molecule has 3 aliphatic heterocycles. The van der Waals surface area contributed by atoms with E-state index in [0.717, 1.165) is 45.2 Å². The number of ether oxygens (including phenoxy) is 1. The fraction of sp³-hybridized carbons (Fsp3) is 0.367. The van der Waals surface area contributed by atoms with E-state index in [-0.39, 0.29) is 39.6 Å². The number of aromatic hydroxyl groups is 1. The van der Waals surface area contributed by atoms with E-state index in [1.54, 1.807) is 0 Å². The maximum absolute atomic E-state index is 16.5. The average Bonchev–Trinajstić information content (AvgIpc) is 3.44. The van der Waals surface area contributed by atoms with Crippen LogP contribution in [0.25, 0.3) is 32.9 Å². The number of nitrogens with one attached hydrogen (secondary N) is 1. The van der Waals surface area contributed by atoms with Gasteiger partial charge in [0.25, 0.3) is 0 Å². The van der Waals surface area contributed by atoms with Gasteiger partial charge in [-0.2, -0.15) is 9.97 Å². The summed E-state index contributed by atoms with van der Waals surface area (Å²) >= 11 is 0. The highest BCUT2D eigenvalue weighted by molar-refractivity contribution is 6.03. The first kappa shape index (κ1) is 24.0. The molecular formula is C30H27F2N5O2. The van der Waals surface area contributed by atoms with Crippen molar-refractivity contribution in [2.24, 2.45) is 0 Å². The summed E-state index contributed by atoms with van der Waals surface area (Å²) in [5.41, 5.74) is 0.837. The second-order valence-electron chi connectivity index (χ2n) is 10.7. The molecule has 198 valence electrons. The van der Waals surface area contributed by atoms with Gasteiger partial charge in [-0.3, -0.25) is 4.90 Å². The van der Waals surface area contributed by atoms with E-state index in [9.17, 15) is 9.50 Å². The molecule has 0 bridgehead atoms. The van der Waals surface area contributed by atoms with Crippen LogP contribution < -0.4 is 10.1 Å². The van der Waals surface area contributed by atoms with Crippen LogP contribution in [0, 0.1) is 24.0 Å². The summed E-state index contributed by atoms with van der Waals surface area (Å²) in [6.45, 7) is 3.23. The summed E-state index contributed by atoms with van der Waals surface area (Å²) in [4.78, 5) is 16.4.